The van der Waals surface area contributed by atoms with Crippen LogP contribution in [0, 0.1) is 13.8 Å². The fraction of sp³-hybridized carbons (Fsp3) is 0.222. The minimum atomic E-state index is 0.808. The van der Waals surface area contributed by atoms with E-state index in [-0.39, 0.29) is 0 Å². The van der Waals surface area contributed by atoms with Crippen LogP contribution in [0.1, 0.15) is 17.0 Å². The molecule has 1 heterocycles. The first-order valence-electron chi connectivity index (χ1n) is 7.31. The van der Waals surface area contributed by atoms with Crippen LogP contribution < -0.4 is 4.74 Å². The Morgan fingerprint density at radius 3 is 2.65 bits per heavy atom. The summed E-state index contributed by atoms with van der Waals surface area (Å²) in [5, 5.41) is 6.65. The third-order valence-corrected chi connectivity index (χ3v) is 4.49. The molecule has 0 radical (unpaired) electrons. The van der Waals surface area contributed by atoms with Crippen molar-refractivity contribution < 1.29 is 4.74 Å². The number of nitrogens with zero attached hydrogens (tertiary/aromatic N) is 3. The lowest BCUT2D eigenvalue weighted by Gasteiger charge is -2.09. The normalized spacial score (nSPS) is 11.5. The molecule has 0 bridgehead atoms. The summed E-state index contributed by atoms with van der Waals surface area (Å²) in [4.78, 5) is 4.68. The van der Waals surface area contributed by atoms with Crippen LogP contribution in [-0.2, 0) is 7.05 Å². The van der Waals surface area contributed by atoms with E-state index < -0.39 is 0 Å². The molecule has 0 spiro atoms. The quantitative estimate of drug-likeness (QED) is 0.625. The highest BCUT2D eigenvalue weighted by Gasteiger charge is 2.10. The lowest BCUT2D eigenvalue weighted by Crippen LogP contribution is -1.93. The maximum absolute atomic E-state index is 5.51. The fourth-order valence-electron chi connectivity index (χ4n) is 2.69. The van der Waals surface area contributed by atoms with E-state index in [1.165, 1.54) is 0 Å². The van der Waals surface area contributed by atoms with Gasteiger partial charge in [-0.1, -0.05) is 28.1 Å². The molecule has 0 saturated carbocycles. The smallest absolute Gasteiger partial charge is 0.128 e. The molecule has 23 heavy (non-hydrogen) atoms. The van der Waals surface area contributed by atoms with Gasteiger partial charge in [-0.15, -0.1) is 0 Å². The van der Waals surface area contributed by atoms with Crippen molar-refractivity contribution in [3.63, 3.8) is 0 Å². The van der Waals surface area contributed by atoms with Crippen LogP contribution in [0.2, 0.25) is 0 Å². The maximum Gasteiger partial charge on any atom is 0.128 e. The first-order chi connectivity index (χ1) is 11.0. The molecule has 0 N–H and O–H groups in total. The van der Waals surface area contributed by atoms with Gasteiger partial charge in [0.2, 0.25) is 0 Å². The van der Waals surface area contributed by atoms with Gasteiger partial charge < -0.3 is 4.74 Å². The lowest BCUT2D eigenvalue weighted by molar-refractivity contribution is 0.415. The van der Waals surface area contributed by atoms with E-state index in [1.54, 1.807) is 7.11 Å². The van der Waals surface area contributed by atoms with Crippen LogP contribution in [0.15, 0.2) is 39.8 Å². The topological polar surface area (TPSA) is 39.4 Å². The molecule has 0 amide bonds. The Morgan fingerprint density at radius 1 is 1.22 bits per heavy atom. The number of hydrogen-bond donors (Lipinski definition) is 0. The number of benzene rings is 2. The van der Waals surface area contributed by atoms with Gasteiger partial charge in [-0.05, 0) is 42.8 Å². The Morgan fingerprint density at radius 2 is 2.00 bits per heavy atom. The average Bonchev–Trinajstić information content (AvgIpc) is 2.77. The van der Waals surface area contributed by atoms with Gasteiger partial charge in [0.05, 0.1) is 18.5 Å². The zero-order chi connectivity index (χ0) is 16.6. The van der Waals surface area contributed by atoms with E-state index in [9.17, 15) is 0 Å². The molecule has 3 aromatic rings. The van der Waals surface area contributed by atoms with Gasteiger partial charge in [-0.25, -0.2) is 0 Å². The van der Waals surface area contributed by atoms with Gasteiger partial charge in [-0.2, -0.15) is 5.10 Å². The van der Waals surface area contributed by atoms with Crippen LogP contribution in [0.25, 0.3) is 10.8 Å². The minimum absolute atomic E-state index is 0.808. The third-order valence-electron chi connectivity index (χ3n) is 4.00. The first-order valence-corrected chi connectivity index (χ1v) is 8.11. The SMILES string of the molecule is COc1ccc2cc(Br)ccc2c1C=Nc1c(C)nn(C)c1C. The summed E-state index contributed by atoms with van der Waals surface area (Å²) in [6, 6.07) is 10.2. The van der Waals surface area contributed by atoms with Crippen molar-refractivity contribution in [3.8, 4) is 5.75 Å². The van der Waals surface area contributed by atoms with E-state index >= 15 is 0 Å². The highest BCUT2D eigenvalue weighted by molar-refractivity contribution is 9.10. The highest BCUT2D eigenvalue weighted by Crippen LogP contribution is 2.30. The third kappa shape index (κ3) is 2.88. The zero-order valence-electron chi connectivity index (χ0n) is 13.6. The second-order valence-electron chi connectivity index (χ2n) is 5.45. The Balaban J connectivity index is 2.16. The second kappa shape index (κ2) is 6.16. The molecule has 118 valence electrons. The van der Waals surface area contributed by atoms with Crippen molar-refractivity contribution in [3.05, 3.63) is 51.8 Å². The number of halogens is 1. The number of aliphatic imine (C=N–C) groups is 1. The second-order valence-corrected chi connectivity index (χ2v) is 6.36. The number of rotatable bonds is 3. The van der Waals surface area contributed by atoms with Crippen molar-refractivity contribution in [2.75, 3.05) is 7.11 Å². The van der Waals surface area contributed by atoms with Crippen LogP contribution in [-0.4, -0.2) is 23.1 Å². The molecule has 4 nitrogen and oxygen atoms in total. The van der Waals surface area contributed by atoms with Crippen molar-refractivity contribution in [1.29, 1.82) is 0 Å². The van der Waals surface area contributed by atoms with Crippen molar-refractivity contribution in [2.24, 2.45) is 12.0 Å². The molecular formula is C18H18BrN3O. The number of ether oxygens (including phenoxy) is 1. The van der Waals surface area contributed by atoms with Crippen LogP contribution in [0.5, 0.6) is 5.75 Å². The van der Waals surface area contributed by atoms with Crippen molar-refractivity contribution in [2.45, 2.75) is 13.8 Å². The predicted molar refractivity (Wildman–Crippen MR) is 98.1 cm³/mol. The van der Waals surface area contributed by atoms with Gasteiger partial charge in [0.1, 0.15) is 11.4 Å². The van der Waals surface area contributed by atoms with Gasteiger partial charge >= 0.3 is 0 Å². The highest BCUT2D eigenvalue weighted by atomic mass is 79.9. The number of methoxy groups -OCH3 is 1. The first kappa shape index (κ1) is 15.7. The monoisotopic (exact) mass is 371 g/mol. The zero-order valence-corrected chi connectivity index (χ0v) is 15.2. The predicted octanol–water partition coefficient (Wildman–Crippen LogP) is 4.71. The van der Waals surface area contributed by atoms with Gasteiger partial charge in [0.15, 0.2) is 0 Å². The summed E-state index contributed by atoms with van der Waals surface area (Å²) in [6.45, 7) is 3.99. The molecule has 5 heteroatoms. The van der Waals surface area contributed by atoms with E-state index in [0.717, 1.165) is 43.6 Å². The molecule has 0 atom stereocenters. The average molecular weight is 372 g/mol. The number of aromatic nitrogens is 2. The molecule has 3 rings (SSSR count). The van der Waals surface area contributed by atoms with E-state index in [1.807, 2.05) is 43.9 Å². The summed E-state index contributed by atoms with van der Waals surface area (Å²) >= 11 is 3.51. The summed E-state index contributed by atoms with van der Waals surface area (Å²) in [6.07, 6.45) is 1.87. The van der Waals surface area contributed by atoms with Crippen molar-refractivity contribution in [1.82, 2.24) is 9.78 Å². The summed E-state index contributed by atoms with van der Waals surface area (Å²) in [5.74, 6) is 0.808. The number of aryl methyl sites for hydroxylation is 2. The molecule has 2 aromatic carbocycles. The molecule has 0 aliphatic heterocycles. The molecule has 0 fully saturated rings. The largest absolute Gasteiger partial charge is 0.496 e. The van der Waals surface area contributed by atoms with Gasteiger partial charge in [0, 0.05) is 23.3 Å². The molecule has 0 aliphatic carbocycles. The molecule has 0 aliphatic rings. The minimum Gasteiger partial charge on any atom is -0.496 e. The Bertz CT molecular complexity index is 912. The molecule has 1 aromatic heterocycles. The van der Waals surface area contributed by atoms with Gasteiger partial charge in [0.25, 0.3) is 0 Å². The maximum atomic E-state index is 5.51. The molecule has 0 unspecified atom stereocenters. The van der Waals surface area contributed by atoms with Crippen molar-refractivity contribution >= 4 is 38.6 Å². The molecular weight excluding hydrogens is 354 g/mol. The van der Waals surface area contributed by atoms with Crippen LogP contribution in [0.4, 0.5) is 5.69 Å². The van der Waals surface area contributed by atoms with Crippen LogP contribution in [0.3, 0.4) is 0 Å². The summed E-state index contributed by atoms with van der Waals surface area (Å²) in [5.41, 5.74) is 3.84. The molecule has 0 saturated heterocycles. The Labute approximate surface area is 143 Å². The summed E-state index contributed by atoms with van der Waals surface area (Å²) < 4.78 is 8.41. The van der Waals surface area contributed by atoms with E-state index in [0.29, 0.717) is 0 Å². The Hall–Kier alpha value is -2.14. The van der Waals surface area contributed by atoms with Gasteiger partial charge in [-0.3, -0.25) is 9.67 Å². The van der Waals surface area contributed by atoms with Crippen LogP contribution >= 0.6 is 15.9 Å². The fourth-order valence-corrected chi connectivity index (χ4v) is 3.07. The Kier molecular flexibility index (Phi) is 4.22. The van der Waals surface area contributed by atoms with E-state index in [4.69, 9.17) is 4.74 Å². The summed E-state index contributed by atoms with van der Waals surface area (Å²) in [7, 11) is 3.61. The number of fused-ring (bicyclic) bond motifs is 1. The van der Waals surface area contributed by atoms with E-state index in [2.05, 4.69) is 44.2 Å². The standard InChI is InChI=1S/C18H18BrN3O/c1-11-18(12(2)22(3)21-11)20-10-16-15-7-6-14(19)9-13(15)5-8-17(16)23-4/h5-10H,1-4H3. The lowest BCUT2D eigenvalue weighted by atomic mass is 10.0. The number of hydrogen-bond acceptors (Lipinski definition) is 3.